The van der Waals surface area contributed by atoms with Gasteiger partial charge in [-0.1, -0.05) is 25.1 Å². The van der Waals surface area contributed by atoms with Gasteiger partial charge in [-0.3, -0.25) is 14.2 Å². The first kappa shape index (κ1) is 22.2. The zero-order valence-electron chi connectivity index (χ0n) is 16.5. The van der Waals surface area contributed by atoms with Gasteiger partial charge in [0.25, 0.3) is 5.56 Å². The Labute approximate surface area is 172 Å². The molecule has 0 atom stereocenters. The third kappa shape index (κ3) is 5.03. The molecule has 0 fully saturated rings. The highest BCUT2D eigenvalue weighted by Crippen LogP contribution is 2.21. The maximum atomic E-state index is 13.0. The van der Waals surface area contributed by atoms with Gasteiger partial charge >= 0.3 is 5.97 Å². The summed E-state index contributed by atoms with van der Waals surface area (Å²) in [5.41, 5.74) is 5.99. The maximum Gasteiger partial charge on any atom is 0.337 e. The first-order chi connectivity index (χ1) is 13.8. The SMILES string of the molecule is CCCCn1c(SCC(=O)/C(C#N)=C(/C)N)nc2cc(C(=O)OC)ccc2c1=O. The first-order valence-electron chi connectivity index (χ1n) is 8.99. The Hall–Kier alpha value is -3.12. The molecule has 0 saturated heterocycles. The number of allylic oxidation sites excluding steroid dienone is 2. The highest BCUT2D eigenvalue weighted by Gasteiger charge is 2.17. The number of aromatic nitrogens is 2. The molecule has 1 aromatic carbocycles. The monoisotopic (exact) mass is 414 g/mol. The van der Waals surface area contributed by atoms with Crippen LogP contribution in [0.5, 0.6) is 0 Å². The van der Waals surface area contributed by atoms with Crippen LogP contribution in [-0.4, -0.2) is 34.2 Å². The van der Waals surface area contributed by atoms with Crippen molar-refractivity contribution in [3.05, 3.63) is 45.4 Å². The molecule has 0 aliphatic rings. The van der Waals surface area contributed by atoms with Crippen molar-refractivity contribution in [3.8, 4) is 6.07 Å². The fourth-order valence-electron chi connectivity index (χ4n) is 2.64. The Bertz CT molecular complexity index is 1080. The number of esters is 1. The number of ketones is 1. The number of nitrogens with two attached hydrogens (primary N) is 1. The average Bonchev–Trinajstić information content (AvgIpc) is 2.70. The molecule has 2 rings (SSSR count). The number of carbonyl (C=O) groups excluding carboxylic acids is 2. The zero-order valence-corrected chi connectivity index (χ0v) is 17.3. The summed E-state index contributed by atoms with van der Waals surface area (Å²) in [4.78, 5) is 41.6. The van der Waals surface area contributed by atoms with Gasteiger partial charge in [-0.25, -0.2) is 9.78 Å². The molecule has 0 bridgehead atoms. The van der Waals surface area contributed by atoms with Gasteiger partial charge in [-0.05, 0) is 31.5 Å². The van der Waals surface area contributed by atoms with Crippen LogP contribution in [0.3, 0.4) is 0 Å². The van der Waals surface area contributed by atoms with Crippen LogP contribution in [0.1, 0.15) is 37.0 Å². The number of Topliss-reactive ketones (excluding diaryl/α,β-unsaturated/α-hetero) is 1. The van der Waals surface area contributed by atoms with E-state index in [4.69, 9.17) is 15.7 Å². The van der Waals surface area contributed by atoms with E-state index >= 15 is 0 Å². The van der Waals surface area contributed by atoms with Gasteiger partial charge in [0.05, 0.1) is 29.3 Å². The fourth-order valence-corrected chi connectivity index (χ4v) is 3.54. The standard InChI is InChI=1S/C20H22N4O4S/c1-4-5-8-24-18(26)14-7-6-13(19(27)28-3)9-16(14)23-20(24)29-11-17(25)15(10-21)12(2)22/h6-7,9H,4-5,8,11,22H2,1-3H3/b15-12-. The van der Waals surface area contributed by atoms with E-state index in [1.807, 2.05) is 6.92 Å². The van der Waals surface area contributed by atoms with Crippen molar-refractivity contribution in [2.75, 3.05) is 12.9 Å². The topological polar surface area (TPSA) is 128 Å². The van der Waals surface area contributed by atoms with Crippen LogP contribution in [0.4, 0.5) is 0 Å². The third-order valence-corrected chi connectivity index (χ3v) is 5.17. The van der Waals surface area contributed by atoms with Gasteiger partial charge in [-0.15, -0.1) is 0 Å². The van der Waals surface area contributed by atoms with Gasteiger partial charge in [-0.2, -0.15) is 5.26 Å². The van der Waals surface area contributed by atoms with Crippen LogP contribution in [-0.2, 0) is 16.1 Å². The second-order valence-corrected chi connectivity index (χ2v) is 7.25. The maximum absolute atomic E-state index is 13.0. The molecule has 0 spiro atoms. The molecule has 29 heavy (non-hydrogen) atoms. The lowest BCUT2D eigenvalue weighted by atomic mass is 10.1. The van der Waals surface area contributed by atoms with E-state index < -0.39 is 11.8 Å². The summed E-state index contributed by atoms with van der Waals surface area (Å²) in [6, 6.07) is 6.36. The molecule has 0 saturated carbocycles. The number of nitriles is 1. The number of methoxy groups -OCH3 is 1. The molecule has 8 nitrogen and oxygen atoms in total. The first-order valence-corrected chi connectivity index (χ1v) is 9.97. The van der Waals surface area contributed by atoms with Crippen molar-refractivity contribution in [2.24, 2.45) is 5.73 Å². The number of thioether (sulfide) groups is 1. The van der Waals surface area contributed by atoms with E-state index in [2.05, 4.69) is 4.98 Å². The summed E-state index contributed by atoms with van der Waals surface area (Å²) in [5.74, 6) is -1.05. The van der Waals surface area contributed by atoms with Gasteiger partial charge in [0.2, 0.25) is 0 Å². The second-order valence-electron chi connectivity index (χ2n) is 6.31. The molecular weight excluding hydrogens is 392 g/mol. The summed E-state index contributed by atoms with van der Waals surface area (Å²) in [6.07, 6.45) is 1.64. The lowest BCUT2D eigenvalue weighted by Gasteiger charge is -2.13. The summed E-state index contributed by atoms with van der Waals surface area (Å²) in [6.45, 7) is 3.94. The number of hydrogen-bond donors (Lipinski definition) is 1. The van der Waals surface area contributed by atoms with Crippen LogP contribution in [0.2, 0.25) is 0 Å². The highest BCUT2D eigenvalue weighted by molar-refractivity contribution is 7.99. The van der Waals surface area contributed by atoms with Crippen LogP contribution in [0.15, 0.2) is 39.4 Å². The molecule has 2 N–H and O–H groups in total. The van der Waals surface area contributed by atoms with E-state index in [1.165, 1.54) is 30.7 Å². The van der Waals surface area contributed by atoms with Gasteiger partial charge in [0.15, 0.2) is 10.9 Å². The summed E-state index contributed by atoms with van der Waals surface area (Å²) < 4.78 is 6.24. The minimum Gasteiger partial charge on any atom is -0.465 e. The normalized spacial score (nSPS) is 11.7. The molecule has 1 heterocycles. The van der Waals surface area contributed by atoms with E-state index in [0.29, 0.717) is 22.6 Å². The number of ether oxygens (including phenoxy) is 1. The Balaban J connectivity index is 2.51. The molecule has 0 aliphatic carbocycles. The molecule has 152 valence electrons. The lowest BCUT2D eigenvalue weighted by molar-refractivity contribution is -0.112. The van der Waals surface area contributed by atoms with Gasteiger partial charge in [0.1, 0.15) is 11.6 Å². The summed E-state index contributed by atoms with van der Waals surface area (Å²) in [5, 5.41) is 9.81. The quantitative estimate of drug-likeness (QED) is 0.229. The number of fused-ring (bicyclic) bond motifs is 1. The Morgan fingerprint density at radius 3 is 2.69 bits per heavy atom. The van der Waals surface area contributed by atoms with Crippen LogP contribution in [0, 0.1) is 11.3 Å². The van der Waals surface area contributed by atoms with E-state index in [0.717, 1.165) is 24.6 Å². The van der Waals surface area contributed by atoms with Gasteiger partial charge < -0.3 is 10.5 Å². The molecule has 0 radical (unpaired) electrons. The number of nitrogens with zero attached hydrogens (tertiary/aromatic N) is 3. The van der Waals surface area contributed by atoms with Crippen molar-refractivity contribution in [3.63, 3.8) is 0 Å². The summed E-state index contributed by atoms with van der Waals surface area (Å²) >= 11 is 1.06. The smallest absolute Gasteiger partial charge is 0.337 e. The van der Waals surface area contributed by atoms with Crippen LogP contribution >= 0.6 is 11.8 Å². The number of carbonyl (C=O) groups is 2. The Morgan fingerprint density at radius 2 is 2.10 bits per heavy atom. The number of rotatable bonds is 8. The minimum absolute atomic E-state index is 0.0851. The molecular formula is C20H22N4O4S. The minimum atomic E-state index is -0.532. The van der Waals surface area contributed by atoms with Crippen molar-refractivity contribution >= 4 is 34.4 Å². The molecule has 1 aromatic heterocycles. The van der Waals surface area contributed by atoms with Crippen molar-refractivity contribution in [2.45, 2.75) is 38.4 Å². The fraction of sp³-hybridized carbons (Fsp3) is 0.350. The molecule has 0 amide bonds. The van der Waals surface area contributed by atoms with Crippen molar-refractivity contribution < 1.29 is 14.3 Å². The highest BCUT2D eigenvalue weighted by atomic mass is 32.2. The summed E-state index contributed by atoms with van der Waals surface area (Å²) in [7, 11) is 1.27. The van der Waals surface area contributed by atoms with Crippen LogP contribution < -0.4 is 11.3 Å². The predicted molar refractivity (Wildman–Crippen MR) is 110 cm³/mol. The van der Waals surface area contributed by atoms with E-state index in [-0.39, 0.29) is 28.1 Å². The number of hydrogen-bond acceptors (Lipinski definition) is 8. The molecule has 9 heteroatoms. The number of benzene rings is 1. The average molecular weight is 414 g/mol. The molecule has 0 aliphatic heterocycles. The van der Waals surface area contributed by atoms with Crippen molar-refractivity contribution in [1.29, 1.82) is 5.26 Å². The largest absolute Gasteiger partial charge is 0.465 e. The van der Waals surface area contributed by atoms with Crippen molar-refractivity contribution in [1.82, 2.24) is 9.55 Å². The second kappa shape index (κ2) is 9.89. The zero-order chi connectivity index (χ0) is 21.6. The third-order valence-electron chi connectivity index (χ3n) is 4.19. The van der Waals surface area contributed by atoms with Gasteiger partial charge in [0, 0.05) is 12.2 Å². The van der Waals surface area contributed by atoms with Crippen LogP contribution in [0.25, 0.3) is 10.9 Å². The molecule has 2 aromatic rings. The number of unbranched alkanes of at least 4 members (excludes halogenated alkanes) is 1. The Morgan fingerprint density at radius 1 is 1.38 bits per heavy atom. The molecule has 0 unspecified atom stereocenters. The lowest BCUT2D eigenvalue weighted by Crippen LogP contribution is -2.24. The van der Waals surface area contributed by atoms with E-state index in [1.54, 1.807) is 12.1 Å². The predicted octanol–water partition coefficient (Wildman–Crippen LogP) is 2.40. The van der Waals surface area contributed by atoms with E-state index in [9.17, 15) is 14.4 Å². The Kier molecular flexibility index (Phi) is 7.56.